The lowest BCUT2D eigenvalue weighted by atomic mass is 9.98. The Kier molecular flexibility index (Phi) is 4.44. The first-order valence-corrected chi connectivity index (χ1v) is 10.5. The number of aryl methyl sites for hydroxylation is 1. The smallest absolute Gasteiger partial charge is 0.251 e. The normalized spacial score (nSPS) is 14.8. The molecule has 2 aromatic carbocycles. The average molecular weight is 396 g/mol. The van der Waals surface area contributed by atoms with Crippen LogP contribution in [0.2, 0.25) is 0 Å². The zero-order valence-electron chi connectivity index (χ0n) is 15.7. The van der Waals surface area contributed by atoms with Crippen LogP contribution in [0.3, 0.4) is 0 Å². The van der Waals surface area contributed by atoms with E-state index in [2.05, 4.69) is 4.98 Å². The molecular weight excluding hydrogens is 376 g/mol. The number of nitrogens with zero attached hydrogens (tertiary/aromatic N) is 1. The zero-order valence-corrected chi connectivity index (χ0v) is 16.5. The van der Waals surface area contributed by atoms with Crippen molar-refractivity contribution in [3.8, 4) is 0 Å². The fourth-order valence-electron chi connectivity index (χ4n) is 3.58. The summed E-state index contributed by atoms with van der Waals surface area (Å²) in [6.07, 6.45) is 0.592. The van der Waals surface area contributed by atoms with Crippen molar-refractivity contribution in [3.05, 3.63) is 75.1 Å². The van der Waals surface area contributed by atoms with E-state index in [-0.39, 0.29) is 22.8 Å². The molecule has 7 heteroatoms. The summed E-state index contributed by atoms with van der Waals surface area (Å²) in [4.78, 5) is 26.5. The number of nitrogens with one attached hydrogen (secondary N) is 1. The molecule has 0 atom stereocenters. The van der Waals surface area contributed by atoms with E-state index in [4.69, 9.17) is 0 Å². The van der Waals surface area contributed by atoms with Gasteiger partial charge in [-0.1, -0.05) is 12.1 Å². The lowest BCUT2D eigenvalue weighted by molar-refractivity contribution is 0.101. The zero-order chi connectivity index (χ0) is 20.1. The summed E-state index contributed by atoms with van der Waals surface area (Å²) in [6.45, 7) is 3.78. The van der Waals surface area contributed by atoms with Crippen LogP contribution in [-0.4, -0.2) is 30.0 Å². The molecule has 0 unspecified atom stereocenters. The van der Waals surface area contributed by atoms with Crippen LogP contribution in [0, 0.1) is 6.92 Å². The minimum atomic E-state index is -3.72. The Bertz CT molecular complexity index is 1280. The van der Waals surface area contributed by atoms with Crippen molar-refractivity contribution < 1.29 is 13.2 Å². The Balaban J connectivity index is 1.72. The molecule has 0 saturated carbocycles. The van der Waals surface area contributed by atoms with E-state index in [1.165, 1.54) is 23.4 Å². The van der Waals surface area contributed by atoms with Crippen molar-refractivity contribution >= 4 is 26.7 Å². The number of fused-ring (bicyclic) bond motifs is 2. The first-order valence-electron chi connectivity index (χ1n) is 9.02. The van der Waals surface area contributed by atoms with Gasteiger partial charge in [0.1, 0.15) is 0 Å². The van der Waals surface area contributed by atoms with Gasteiger partial charge in [-0.2, -0.15) is 4.31 Å². The monoisotopic (exact) mass is 396 g/mol. The molecule has 1 N–H and O–H groups in total. The molecule has 1 aliphatic heterocycles. The Hall–Kier alpha value is -2.77. The Morgan fingerprint density at radius 1 is 1.11 bits per heavy atom. The molecule has 0 radical (unpaired) electrons. The number of ketones is 1. The molecule has 0 aliphatic carbocycles. The number of sulfonamides is 1. The quantitative estimate of drug-likeness (QED) is 0.690. The van der Waals surface area contributed by atoms with E-state index in [9.17, 15) is 18.0 Å². The molecule has 0 fully saturated rings. The number of Topliss-reactive ketones (excluding diaryl/α,β-unsaturated/α-hetero) is 1. The van der Waals surface area contributed by atoms with Crippen molar-refractivity contribution in [1.29, 1.82) is 0 Å². The highest BCUT2D eigenvalue weighted by Crippen LogP contribution is 2.28. The van der Waals surface area contributed by atoms with Gasteiger partial charge < -0.3 is 4.98 Å². The number of benzene rings is 2. The fourth-order valence-corrected chi connectivity index (χ4v) is 5.04. The molecule has 3 aromatic rings. The summed E-state index contributed by atoms with van der Waals surface area (Å²) in [5.41, 5.74) is 3.55. The summed E-state index contributed by atoms with van der Waals surface area (Å²) in [6, 6.07) is 11.9. The van der Waals surface area contributed by atoms with E-state index in [1.54, 1.807) is 19.1 Å². The third-order valence-electron chi connectivity index (χ3n) is 5.21. The van der Waals surface area contributed by atoms with Gasteiger partial charge in [0, 0.05) is 29.7 Å². The first kappa shape index (κ1) is 18.6. The average Bonchev–Trinajstić information content (AvgIpc) is 2.67. The van der Waals surface area contributed by atoms with Crippen LogP contribution in [0.25, 0.3) is 10.9 Å². The third-order valence-corrected chi connectivity index (χ3v) is 7.05. The topological polar surface area (TPSA) is 87.3 Å². The maximum Gasteiger partial charge on any atom is 0.251 e. The van der Waals surface area contributed by atoms with Gasteiger partial charge in [0.05, 0.1) is 4.90 Å². The molecule has 0 spiro atoms. The number of H-pyrrole nitrogens is 1. The highest BCUT2D eigenvalue weighted by molar-refractivity contribution is 7.89. The third kappa shape index (κ3) is 3.16. The fraction of sp³-hybridized carbons (Fsp3) is 0.238. The van der Waals surface area contributed by atoms with Gasteiger partial charge in [0.15, 0.2) is 5.78 Å². The van der Waals surface area contributed by atoms with Gasteiger partial charge in [-0.15, -0.1) is 0 Å². The second-order valence-electron chi connectivity index (χ2n) is 7.16. The van der Waals surface area contributed by atoms with Gasteiger partial charge in [0.25, 0.3) is 5.56 Å². The molecule has 144 valence electrons. The largest absolute Gasteiger partial charge is 0.322 e. The predicted octanol–water partition coefficient (Wildman–Crippen LogP) is 2.79. The van der Waals surface area contributed by atoms with Crippen molar-refractivity contribution in [2.24, 2.45) is 0 Å². The number of hydrogen-bond acceptors (Lipinski definition) is 4. The molecule has 1 aliphatic rings. The van der Waals surface area contributed by atoms with E-state index < -0.39 is 10.0 Å². The Morgan fingerprint density at radius 3 is 2.64 bits per heavy atom. The molecule has 28 heavy (non-hydrogen) atoms. The molecule has 1 aromatic heterocycles. The van der Waals surface area contributed by atoms with Gasteiger partial charge in [0.2, 0.25) is 10.0 Å². The van der Waals surface area contributed by atoms with Crippen LogP contribution in [0.15, 0.2) is 52.2 Å². The van der Waals surface area contributed by atoms with Crippen molar-refractivity contribution in [1.82, 2.24) is 9.29 Å². The molecular formula is C21H20N2O4S. The van der Waals surface area contributed by atoms with Gasteiger partial charge in [-0.25, -0.2) is 8.42 Å². The number of hydrogen-bond donors (Lipinski definition) is 1. The van der Waals surface area contributed by atoms with E-state index >= 15 is 0 Å². The van der Waals surface area contributed by atoms with Crippen LogP contribution in [0.4, 0.5) is 0 Å². The van der Waals surface area contributed by atoms with E-state index in [0.717, 1.165) is 16.5 Å². The summed E-state index contributed by atoms with van der Waals surface area (Å²) in [7, 11) is -3.72. The molecule has 6 nitrogen and oxygen atoms in total. The maximum absolute atomic E-state index is 13.1. The standard InChI is InChI=1S/C21H20N2O4S/c1-13-8-17-9-16-6-7-23(12-18(16)11-20(17)22-21(13)25)28(26,27)19-5-3-4-15(10-19)14(2)24/h3-5,8-11H,6-7,12H2,1-2H3,(H,22,25). The van der Waals surface area contributed by atoms with Crippen LogP contribution in [0.5, 0.6) is 0 Å². The summed E-state index contributed by atoms with van der Waals surface area (Å²) < 4.78 is 27.6. The highest BCUT2D eigenvalue weighted by atomic mass is 32.2. The molecule has 2 heterocycles. The molecule has 0 saturated heterocycles. The SMILES string of the molecule is CC(=O)c1cccc(S(=O)(=O)N2CCc3cc4cc(C)c(=O)[nH]c4cc3C2)c1. The Labute approximate surface area is 162 Å². The van der Waals surface area contributed by atoms with Crippen molar-refractivity contribution in [2.45, 2.75) is 31.7 Å². The van der Waals surface area contributed by atoms with Crippen LogP contribution >= 0.6 is 0 Å². The predicted molar refractivity (Wildman–Crippen MR) is 107 cm³/mol. The number of aromatic amines is 1. The number of carbonyl (C=O) groups excluding carboxylic acids is 1. The van der Waals surface area contributed by atoms with Crippen LogP contribution in [-0.2, 0) is 23.0 Å². The van der Waals surface area contributed by atoms with Crippen molar-refractivity contribution in [3.63, 3.8) is 0 Å². The second kappa shape index (κ2) is 6.68. The minimum Gasteiger partial charge on any atom is -0.322 e. The number of aromatic nitrogens is 1. The molecule has 0 bridgehead atoms. The second-order valence-corrected chi connectivity index (χ2v) is 9.10. The minimum absolute atomic E-state index is 0.119. The number of pyridine rings is 1. The summed E-state index contributed by atoms with van der Waals surface area (Å²) >= 11 is 0. The lowest BCUT2D eigenvalue weighted by Gasteiger charge is -2.28. The van der Waals surface area contributed by atoms with Crippen molar-refractivity contribution in [2.75, 3.05) is 6.54 Å². The number of carbonyl (C=O) groups is 1. The highest BCUT2D eigenvalue weighted by Gasteiger charge is 2.29. The van der Waals surface area contributed by atoms with Gasteiger partial charge in [-0.05, 0) is 67.1 Å². The maximum atomic E-state index is 13.1. The van der Waals surface area contributed by atoms with Crippen LogP contribution in [0.1, 0.15) is 34.0 Å². The molecule has 4 rings (SSSR count). The van der Waals surface area contributed by atoms with E-state index in [1.807, 2.05) is 18.2 Å². The van der Waals surface area contributed by atoms with E-state index in [0.29, 0.717) is 29.6 Å². The summed E-state index contributed by atoms with van der Waals surface area (Å²) in [5, 5.41) is 0.946. The van der Waals surface area contributed by atoms with Gasteiger partial charge in [-0.3, -0.25) is 9.59 Å². The first-order chi connectivity index (χ1) is 13.3. The number of rotatable bonds is 3. The Morgan fingerprint density at radius 2 is 1.89 bits per heavy atom. The van der Waals surface area contributed by atoms with Gasteiger partial charge >= 0.3 is 0 Å². The summed E-state index contributed by atoms with van der Waals surface area (Å²) in [5.74, 6) is -0.174. The molecule has 0 amide bonds. The van der Waals surface area contributed by atoms with Crippen LogP contribution < -0.4 is 5.56 Å². The lowest BCUT2D eigenvalue weighted by Crippen LogP contribution is -2.36.